The SMILES string of the molecule is COCCN1CCCN(C(=O)CC2(O)CCC2)CC1=O. The molecule has 2 rings (SSSR count). The Kier molecular flexibility index (Phi) is 4.99. The number of amides is 2. The molecule has 0 aromatic rings. The summed E-state index contributed by atoms with van der Waals surface area (Å²) in [4.78, 5) is 27.6. The molecule has 6 nitrogen and oxygen atoms in total. The number of carbonyl (C=O) groups is 2. The lowest BCUT2D eigenvalue weighted by Crippen LogP contribution is -2.45. The highest BCUT2D eigenvalue weighted by Crippen LogP contribution is 2.35. The number of aliphatic hydroxyl groups is 1. The Morgan fingerprint density at radius 3 is 2.70 bits per heavy atom. The van der Waals surface area contributed by atoms with Gasteiger partial charge in [-0.25, -0.2) is 0 Å². The Morgan fingerprint density at radius 1 is 1.35 bits per heavy atom. The molecule has 1 aliphatic carbocycles. The van der Waals surface area contributed by atoms with Crippen molar-refractivity contribution < 1.29 is 19.4 Å². The Balaban J connectivity index is 1.87. The molecule has 0 bridgehead atoms. The Bertz CT molecular complexity index is 368. The zero-order valence-electron chi connectivity index (χ0n) is 12.1. The second-order valence-corrected chi connectivity index (χ2v) is 5.80. The summed E-state index contributed by atoms with van der Waals surface area (Å²) in [5.41, 5.74) is -0.817. The van der Waals surface area contributed by atoms with E-state index in [0.717, 1.165) is 12.8 Å². The number of carbonyl (C=O) groups excluding carboxylic acids is 2. The van der Waals surface area contributed by atoms with Crippen molar-refractivity contribution in [1.29, 1.82) is 0 Å². The maximum atomic E-state index is 12.2. The zero-order valence-corrected chi connectivity index (χ0v) is 12.1. The van der Waals surface area contributed by atoms with Gasteiger partial charge in [0.1, 0.15) is 0 Å². The van der Waals surface area contributed by atoms with Crippen LogP contribution >= 0.6 is 0 Å². The lowest BCUT2D eigenvalue weighted by Gasteiger charge is -2.37. The first kappa shape index (κ1) is 15.3. The summed E-state index contributed by atoms with van der Waals surface area (Å²) in [6, 6.07) is 0. The van der Waals surface area contributed by atoms with Gasteiger partial charge >= 0.3 is 0 Å². The summed E-state index contributed by atoms with van der Waals surface area (Å²) in [5, 5.41) is 10.1. The molecule has 2 amide bonds. The van der Waals surface area contributed by atoms with Crippen LogP contribution in [0.1, 0.15) is 32.1 Å². The van der Waals surface area contributed by atoms with Crippen molar-refractivity contribution in [3.8, 4) is 0 Å². The van der Waals surface area contributed by atoms with Crippen molar-refractivity contribution in [3.63, 3.8) is 0 Å². The Morgan fingerprint density at radius 2 is 2.10 bits per heavy atom. The lowest BCUT2D eigenvalue weighted by molar-refractivity contribution is -0.144. The first-order valence-corrected chi connectivity index (χ1v) is 7.31. The van der Waals surface area contributed by atoms with E-state index in [9.17, 15) is 14.7 Å². The quantitative estimate of drug-likeness (QED) is 0.771. The van der Waals surface area contributed by atoms with Gasteiger partial charge in [-0.15, -0.1) is 0 Å². The second-order valence-electron chi connectivity index (χ2n) is 5.80. The van der Waals surface area contributed by atoms with Gasteiger partial charge in [-0.1, -0.05) is 0 Å². The molecule has 1 heterocycles. The number of hydrogen-bond donors (Lipinski definition) is 1. The molecule has 1 N–H and O–H groups in total. The Hall–Kier alpha value is -1.14. The fourth-order valence-corrected chi connectivity index (χ4v) is 2.73. The average Bonchev–Trinajstić information content (AvgIpc) is 2.56. The highest BCUT2D eigenvalue weighted by Gasteiger charge is 2.38. The molecular formula is C14H24N2O4. The summed E-state index contributed by atoms with van der Waals surface area (Å²) >= 11 is 0. The van der Waals surface area contributed by atoms with E-state index in [4.69, 9.17) is 4.74 Å². The zero-order chi connectivity index (χ0) is 14.6. The predicted molar refractivity (Wildman–Crippen MR) is 73.1 cm³/mol. The number of hydrogen-bond acceptors (Lipinski definition) is 4. The first-order valence-electron chi connectivity index (χ1n) is 7.31. The maximum absolute atomic E-state index is 12.2. The van der Waals surface area contributed by atoms with E-state index in [1.54, 1.807) is 16.9 Å². The van der Waals surface area contributed by atoms with E-state index in [-0.39, 0.29) is 24.8 Å². The van der Waals surface area contributed by atoms with E-state index in [1.807, 2.05) is 0 Å². The average molecular weight is 284 g/mol. The molecule has 2 fully saturated rings. The van der Waals surface area contributed by atoms with E-state index in [1.165, 1.54) is 0 Å². The number of methoxy groups -OCH3 is 1. The summed E-state index contributed by atoms with van der Waals surface area (Å²) in [6.45, 7) is 2.46. The molecule has 1 saturated carbocycles. The normalized spacial score (nSPS) is 22.4. The third-order valence-corrected chi connectivity index (χ3v) is 4.22. The van der Waals surface area contributed by atoms with Crippen LogP contribution in [0.3, 0.4) is 0 Å². The predicted octanol–water partition coefficient (Wildman–Crippen LogP) is -0.00120. The van der Waals surface area contributed by atoms with Crippen molar-refractivity contribution in [2.24, 2.45) is 0 Å². The molecule has 0 radical (unpaired) electrons. The van der Waals surface area contributed by atoms with E-state index in [2.05, 4.69) is 0 Å². The summed E-state index contributed by atoms with van der Waals surface area (Å²) in [5.74, 6) is -0.136. The van der Waals surface area contributed by atoms with Crippen LogP contribution < -0.4 is 0 Å². The van der Waals surface area contributed by atoms with Crippen molar-refractivity contribution in [2.45, 2.75) is 37.7 Å². The van der Waals surface area contributed by atoms with Gasteiger partial charge in [0.25, 0.3) is 0 Å². The van der Waals surface area contributed by atoms with Gasteiger partial charge in [-0.05, 0) is 25.7 Å². The van der Waals surface area contributed by atoms with Gasteiger partial charge in [0, 0.05) is 26.7 Å². The van der Waals surface area contributed by atoms with Crippen molar-refractivity contribution in [1.82, 2.24) is 9.80 Å². The Labute approximate surface area is 119 Å². The molecule has 114 valence electrons. The standard InChI is InChI=1S/C14H24N2O4/c1-20-9-8-15-6-3-7-16(11-13(15)18)12(17)10-14(19)4-2-5-14/h19H,2-11H2,1H3. The molecule has 0 aromatic carbocycles. The maximum Gasteiger partial charge on any atom is 0.242 e. The minimum Gasteiger partial charge on any atom is -0.389 e. The van der Waals surface area contributed by atoms with E-state index >= 15 is 0 Å². The molecule has 0 spiro atoms. The minimum atomic E-state index is -0.817. The molecule has 1 aliphatic heterocycles. The van der Waals surface area contributed by atoms with Crippen LogP contribution in [0.15, 0.2) is 0 Å². The largest absolute Gasteiger partial charge is 0.389 e. The van der Waals surface area contributed by atoms with Crippen LogP contribution in [0.25, 0.3) is 0 Å². The van der Waals surface area contributed by atoms with Crippen LogP contribution in [-0.2, 0) is 14.3 Å². The highest BCUT2D eigenvalue weighted by molar-refractivity contribution is 5.85. The lowest BCUT2D eigenvalue weighted by atomic mass is 9.77. The summed E-state index contributed by atoms with van der Waals surface area (Å²) < 4.78 is 4.99. The van der Waals surface area contributed by atoms with Gasteiger partial charge in [0.15, 0.2) is 0 Å². The molecule has 2 aliphatic rings. The number of nitrogens with zero attached hydrogens (tertiary/aromatic N) is 2. The molecule has 6 heteroatoms. The summed E-state index contributed by atoms with van der Waals surface area (Å²) in [7, 11) is 1.61. The number of ether oxygens (including phenoxy) is 1. The molecule has 20 heavy (non-hydrogen) atoms. The fourth-order valence-electron chi connectivity index (χ4n) is 2.73. The number of rotatable bonds is 5. The smallest absolute Gasteiger partial charge is 0.242 e. The van der Waals surface area contributed by atoms with Crippen LogP contribution in [0, 0.1) is 0 Å². The highest BCUT2D eigenvalue weighted by atomic mass is 16.5. The molecule has 1 saturated heterocycles. The van der Waals surface area contributed by atoms with Crippen molar-refractivity contribution >= 4 is 11.8 Å². The van der Waals surface area contributed by atoms with Crippen LogP contribution in [0.5, 0.6) is 0 Å². The monoisotopic (exact) mass is 284 g/mol. The van der Waals surface area contributed by atoms with Gasteiger partial charge in [-0.2, -0.15) is 0 Å². The fraction of sp³-hybridized carbons (Fsp3) is 0.857. The second kappa shape index (κ2) is 6.54. The third-order valence-electron chi connectivity index (χ3n) is 4.22. The first-order chi connectivity index (χ1) is 9.54. The van der Waals surface area contributed by atoms with E-state index < -0.39 is 5.60 Å². The molecule has 0 atom stereocenters. The topological polar surface area (TPSA) is 70.1 Å². The van der Waals surface area contributed by atoms with Gasteiger partial charge < -0.3 is 19.6 Å². The van der Waals surface area contributed by atoms with Gasteiger partial charge in [-0.3, -0.25) is 9.59 Å². The van der Waals surface area contributed by atoms with Gasteiger partial charge in [0.05, 0.1) is 25.2 Å². The van der Waals surface area contributed by atoms with E-state index in [0.29, 0.717) is 39.1 Å². The van der Waals surface area contributed by atoms with Crippen LogP contribution in [0.2, 0.25) is 0 Å². The minimum absolute atomic E-state index is 0.0338. The third kappa shape index (κ3) is 3.70. The van der Waals surface area contributed by atoms with Crippen molar-refractivity contribution in [2.75, 3.05) is 39.9 Å². The molecule has 0 aromatic heterocycles. The molecular weight excluding hydrogens is 260 g/mol. The summed E-state index contributed by atoms with van der Waals surface area (Å²) in [6.07, 6.45) is 3.30. The van der Waals surface area contributed by atoms with Crippen molar-refractivity contribution in [3.05, 3.63) is 0 Å². The van der Waals surface area contributed by atoms with Crippen LogP contribution in [-0.4, -0.2) is 72.2 Å². The van der Waals surface area contributed by atoms with Gasteiger partial charge in [0.2, 0.25) is 11.8 Å². The van der Waals surface area contributed by atoms with Crippen LogP contribution in [0.4, 0.5) is 0 Å². The molecule has 0 unspecified atom stereocenters.